The minimum atomic E-state index is -0.259. The van der Waals surface area contributed by atoms with E-state index in [4.69, 9.17) is 9.26 Å². The van der Waals surface area contributed by atoms with Gasteiger partial charge in [0.2, 0.25) is 5.88 Å². The SMILES string of the molecule is Fc1ccc2onc(N3CCN4C[C@H](COc5cccc(CNCC6CC6)n5)CC[C@@H]4C3)c2c1. The Labute approximate surface area is 199 Å². The highest BCUT2D eigenvalue weighted by Gasteiger charge is 2.34. The second-order valence-corrected chi connectivity index (χ2v) is 10.0. The lowest BCUT2D eigenvalue weighted by molar-refractivity contribution is 0.0716. The first-order chi connectivity index (χ1) is 16.7. The number of ether oxygens (including phenoxy) is 1. The number of fused-ring (bicyclic) bond motifs is 2. The number of halogens is 1. The molecule has 0 amide bonds. The van der Waals surface area contributed by atoms with Gasteiger partial charge in [-0.2, -0.15) is 0 Å². The van der Waals surface area contributed by atoms with Gasteiger partial charge in [0.15, 0.2) is 11.4 Å². The second-order valence-electron chi connectivity index (χ2n) is 10.0. The van der Waals surface area contributed by atoms with Gasteiger partial charge >= 0.3 is 0 Å². The number of benzene rings is 1. The zero-order valence-corrected chi connectivity index (χ0v) is 19.5. The number of rotatable bonds is 8. The van der Waals surface area contributed by atoms with Crippen molar-refractivity contribution >= 4 is 16.8 Å². The van der Waals surface area contributed by atoms with Crippen LogP contribution in [0.15, 0.2) is 40.9 Å². The molecule has 0 bridgehead atoms. The van der Waals surface area contributed by atoms with Gasteiger partial charge in [0.05, 0.1) is 17.7 Å². The summed E-state index contributed by atoms with van der Waals surface area (Å²) >= 11 is 0. The molecule has 0 spiro atoms. The maximum absolute atomic E-state index is 13.8. The highest BCUT2D eigenvalue weighted by atomic mass is 19.1. The fourth-order valence-electron chi connectivity index (χ4n) is 5.28. The zero-order chi connectivity index (χ0) is 22.9. The van der Waals surface area contributed by atoms with Crippen molar-refractivity contribution in [3.05, 3.63) is 47.9 Å². The van der Waals surface area contributed by atoms with E-state index in [1.54, 1.807) is 6.07 Å². The van der Waals surface area contributed by atoms with E-state index in [9.17, 15) is 4.39 Å². The standard InChI is InChI=1S/C26H32FN5O2/c27-20-7-9-24-23(12-20)26(30-34-24)32-11-10-31-15-19(6-8-22(31)16-32)17-33-25-3-1-2-21(29-25)14-28-13-18-4-5-18/h1-3,7,9,12,18-19,22,28H,4-6,8,10-11,13-17H2/t19-,22-/m1/s1. The molecule has 1 aliphatic carbocycles. The van der Waals surface area contributed by atoms with Crippen LogP contribution in [0.25, 0.3) is 11.0 Å². The molecule has 180 valence electrons. The summed E-state index contributed by atoms with van der Waals surface area (Å²) in [6.07, 6.45) is 4.97. The monoisotopic (exact) mass is 465 g/mol. The van der Waals surface area contributed by atoms with E-state index in [1.165, 1.54) is 25.0 Å². The average Bonchev–Trinajstić information content (AvgIpc) is 3.59. The third-order valence-corrected chi connectivity index (χ3v) is 7.40. The number of hydrogen-bond acceptors (Lipinski definition) is 7. The van der Waals surface area contributed by atoms with Crippen molar-refractivity contribution < 1.29 is 13.7 Å². The lowest BCUT2D eigenvalue weighted by Crippen LogP contribution is -2.57. The van der Waals surface area contributed by atoms with Crippen LogP contribution < -0.4 is 15.0 Å². The van der Waals surface area contributed by atoms with E-state index in [2.05, 4.69) is 31.3 Å². The summed E-state index contributed by atoms with van der Waals surface area (Å²) in [7, 11) is 0. The van der Waals surface area contributed by atoms with Crippen molar-refractivity contribution in [1.29, 1.82) is 0 Å². The Balaban J connectivity index is 1.01. The number of nitrogens with one attached hydrogen (secondary N) is 1. The number of anilines is 1. The van der Waals surface area contributed by atoms with E-state index in [1.807, 2.05) is 12.1 Å². The first-order valence-corrected chi connectivity index (χ1v) is 12.5. The summed E-state index contributed by atoms with van der Waals surface area (Å²) < 4.78 is 25.3. The van der Waals surface area contributed by atoms with E-state index < -0.39 is 0 Å². The van der Waals surface area contributed by atoms with E-state index >= 15 is 0 Å². The molecule has 1 aromatic carbocycles. The van der Waals surface area contributed by atoms with Gasteiger partial charge in [0, 0.05) is 50.7 Å². The van der Waals surface area contributed by atoms with Crippen LogP contribution >= 0.6 is 0 Å². The number of aromatic nitrogens is 2. The minimum absolute atomic E-state index is 0.259. The van der Waals surface area contributed by atoms with Gasteiger partial charge in [-0.15, -0.1) is 0 Å². The molecule has 0 radical (unpaired) electrons. The van der Waals surface area contributed by atoms with Crippen LogP contribution in [0, 0.1) is 17.7 Å². The van der Waals surface area contributed by atoms with Crippen LogP contribution in [0.4, 0.5) is 10.2 Å². The maximum atomic E-state index is 13.8. The first kappa shape index (κ1) is 21.8. The van der Waals surface area contributed by atoms with Gasteiger partial charge in [-0.05, 0) is 62.4 Å². The minimum Gasteiger partial charge on any atom is -0.477 e. The highest BCUT2D eigenvalue weighted by Crippen LogP contribution is 2.32. The number of pyridine rings is 1. The Kier molecular flexibility index (Phi) is 6.09. The third-order valence-electron chi connectivity index (χ3n) is 7.40. The van der Waals surface area contributed by atoms with Crippen LogP contribution in [0.1, 0.15) is 31.4 Å². The molecule has 8 heteroatoms. The van der Waals surface area contributed by atoms with Gasteiger partial charge in [-0.25, -0.2) is 9.37 Å². The van der Waals surface area contributed by atoms with Crippen molar-refractivity contribution in [2.75, 3.05) is 44.2 Å². The predicted octanol–water partition coefficient (Wildman–Crippen LogP) is 3.84. The first-order valence-electron chi connectivity index (χ1n) is 12.5. The molecule has 6 rings (SSSR count). The number of hydrogen-bond donors (Lipinski definition) is 1. The number of piperidine rings is 1. The molecule has 3 aromatic rings. The molecule has 34 heavy (non-hydrogen) atoms. The van der Waals surface area contributed by atoms with Crippen LogP contribution in [0.2, 0.25) is 0 Å². The van der Waals surface area contributed by atoms with Crippen molar-refractivity contribution in [3.8, 4) is 5.88 Å². The van der Waals surface area contributed by atoms with Crippen molar-refractivity contribution in [2.24, 2.45) is 11.8 Å². The lowest BCUT2D eigenvalue weighted by Gasteiger charge is -2.46. The van der Waals surface area contributed by atoms with Crippen molar-refractivity contribution in [3.63, 3.8) is 0 Å². The molecular formula is C26H32FN5O2. The molecular weight excluding hydrogens is 433 g/mol. The summed E-state index contributed by atoms with van der Waals surface area (Å²) in [4.78, 5) is 9.50. The fourth-order valence-corrected chi connectivity index (χ4v) is 5.28. The van der Waals surface area contributed by atoms with Crippen molar-refractivity contribution in [1.82, 2.24) is 20.4 Å². The van der Waals surface area contributed by atoms with E-state index in [0.29, 0.717) is 24.1 Å². The number of nitrogens with zero attached hydrogens (tertiary/aromatic N) is 4. The average molecular weight is 466 g/mol. The zero-order valence-electron chi connectivity index (χ0n) is 19.5. The molecule has 3 aliphatic rings. The quantitative estimate of drug-likeness (QED) is 0.542. The Bertz CT molecular complexity index is 1130. The molecule has 2 atom stereocenters. The summed E-state index contributed by atoms with van der Waals surface area (Å²) in [5, 5.41) is 8.50. The highest BCUT2D eigenvalue weighted by molar-refractivity contribution is 5.88. The predicted molar refractivity (Wildman–Crippen MR) is 128 cm³/mol. The Morgan fingerprint density at radius 2 is 1.97 bits per heavy atom. The molecule has 4 heterocycles. The van der Waals surface area contributed by atoms with Gasteiger partial charge in [-0.1, -0.05) is 11.2 Å². The normalized spacial score (nSPS) is 23.3. The molecule has 2 aliphatic heterocycles. The van der Waals surface area contributed by atoms with Gasteiger partial charge in [0.25, 0.3) is 0 Å². The van der Waals surface area contributed by atoms with Crippen LogP contribution in [0.5, 0.6) is 5.88 Å². The summed E-state index contributed by atoms with van der Waals surface area (Å²) in [5.41, 5.74) is 1.68. The summed E-state index contributed by atoms with van der Waals surface area (Å²) in [6, 6.07) is 11.1. The molecule has 1 N–H and O–H groups in total. The van der Waals surface area contributed by atoms with Gasteiger partial charge < -0.3 is 19.5 Å². The molecule has 7 nitrogen and oxygen atoms in total. The van der Waals surface area contributed by atoms with Crippen LogP contribution in [0.3, 0.4) is 0 Å². The molecule has 2 aromatic heterocycles. The largest absolute Gasteiger partial charge is 0.477 e. The molecule has 2 saturated heterocycles. The van der Waals surface area contributed by atoms with E-state index in [-0.39, 0.29) is 5.82 Å². The summed E-state index contributed by atoms with van der Waals surface area (Å²) in [6.45, 7) is 6.35. The Morgan fingerprint density at radius 1 is 1.06 bits per heavy atom. The van der Waals surface area contributed by atoms with Crippen LogP contribution in [-0.2, 0) is 6.54 Å². The van der Waals surface area contributed by atoms with Crippen molar-refractivity contribution in [2.45, 2.75) is 38.3 Å². The molecule has 1 saturated carbocycles. The topological polar surface area (TPSA) is 66.7 Å². The van der Waals surface area contributed by atoms with Gasteiger partial charge in [-0.3, -0.25) is 4.90 Å². The Hall–Kier alpha value is -2.71. The molecule has 3 fully saturated rings. The lowest BCUT2D eigenvalue weighted by atomic mass is 9.91. The van der Waals surface area contributed by atoms with Gasteiger partial charge in [0.1, 0.15) is 5.82 Å². The third kappa shape index (κ3) is 4.88. The Morgan fingerprint density at radius 3 is 2.88 bits per heavy atom. The smallest absolute Gasteiger partial charge is 0.213 e. The summed E-state index contributed by atoms with van der Waals surface area (Å²) in [5.74, 6) is 2.60. The fraction of sp³-hybridized carbons (Fsp3) is 0.538. The number of piperazine rings is 1. The van der Waals surface area contributed by atoms with Crippen LogP contribution in [-0.4, -0.2) is 60.4 Å². The second kappa shape index (κ2) is 9.50. The maximum Gasteiger partial charge on any atom is 0.213 e. The molecule has 0 unspecified atom stereocenters. The van der Waals surface area contributed by atoms with E-state index in [0.717, 1.165) is 80.8 Å².